The van der Waals surface area contributed by atoms with Crippen LogP contribution in [0.15, 0.2) is 60.1 Å². The zero-order chi connectivity index (χ0) is 19.2. The fraction of sp³-hybridized carbons (Fsp3) is 0.150. The highest BCUT2D eigenvalue weighted by Gasteiger charge is 2.10. The van der Waals surface area contributed by atoms with Gasteiger partial charge < -0.3 is 16.0 Å². The van der Waals surface area contributed by atoms with E-state index in [0.29, 0.717) is 16.9 Å². The van der Waals surface area contributed by atoms with Crippen molar-refractivity contribution >= 4 is 34.6 Å². The Morgan fingerprint density at radius 1 is 1.00 bits per heavy atom. The Morgan fingerprint density at radius 2 is 1.74 bits per heavy atom. The standard InChI is InChI=1S/C20H20N4O2S/c1-13(2)22-20(26)24-17-8-3-5-14(11-17)18(25)23-16-7-4-6-15(12-16)19-21-9-10-27-19/h3-13H,1-2H3,(H,23,25)(H2,22,24,26). The molecule has 1 aromatic heterocycles. The van der Waals surface area contributed by atoms with Crippen molar-refractivity contribution in [3.8, 4) is 10.6 Å². The van der Waals surface area contributed by atoms with E-state index in [0.717, 1.165) is 10.6 Å². The summed E-state index contributed by atoms with van der Waals surface area (Å²) in [5, 5.41) is 11.2. The number of benzene rings is 2. The van der Waals surface area contributed by atoms with Gasteiger partial charge in [-0.3, -0.25) is 4.79 Å². The fourth-order valence-electron chi connectivity index (χ4n) is 2.47. The first-order valence-corrected chi connectivity index (χ1v) is 9.38. The minimum absolute atomic E-state index is 0.0293. The van der Waals surface area contributed by atoms with E-state index in [2.05, 4.69) is 20.9 Å². The van der Waals surface area contributed by atoms with Gasteiger partial charge in [0.15, 0.2) is 0 Å². The van der Waals surface area contributed by atoms with Crippen LogP contribution in [-0.2, 0) is 0 Å². The zero-order valence-corrected chi connectivity index (χ0v) is 15.8. The predicted molar refractivity (Wildman–Crippen MR) is 109 cm³/mol. The van der Waals surface area contributed by atoms with E-state index in [1.54, 1.807) is 41.8 Å². The maximum Gasteiger partial charge on any atom is 0.319 e. The summed E-state index contributed by atoms with van der Waals surface area (Å²) in [6, 6.07) is 14.1. The average Bonchev–Trinajstić information content (AvgIpc) is 3.16. The average molecular weight is 380 g/mol. The van der Waals surface area contributed by atoms with Gasteiger partial charge in [0, 0.05) is 40.1 Å². The van der Waals surface area contributed by atoms with Crippen LogP contribution in [0.25, 0.3) is 10.6 Å². The fourth-order valence-corrected chi connectivity index (χ4v) is 3.10. The second-order valence-electron chi connectivity index (χ2n) is 6.21. The SMILES string of the molecule is CC(C)NC(=O)Nc1cccc(C(=O)Nc2cccc(-c3nccs3)c2)c1. The van der Waals surface area contributed by atoms with Gasteiger partial charge in [-0.2, -0.15) is 0 Å². The van der Waals surface area contributed by atoms with E-state index in [1.165, 1.54) is 0 Å². The molecule has 0 aliphatic heterocycles. The number of hydrogen-bond donors (Lipinski definition) is 3. The quantitative estimate of drug-likeness (QED) is 0.605. The van der Waals surface area contributed by atoms with Crippen LogP contribution >= 0.6 is 11.3 Å². The Morgan fingerprint density at radius 3 is 2.44 bits per heavy atom. The molecule has 138 valence electrons. The van der Waals surface area contributed by atoms with E-state index < -0.39 is 0 Å². The maximum atomic E-state index is 12.6. The largest absolute Gasteiger partial charge is 0.336 e. The second-order valence-corrected chi connectivity index (χ2v) is 7.10. The summed E-state index contributed by atoms with van der Waals surface area (Å²) in [6.45, 7) is 3.76. The van der Waals surface area contributed by atoms with Crippen LogP contribution in [0.4, 0.5) is 16.2 Å². The molecule has 3 N–H and O–H groups in total. The van der Waals surface area contributed by atoms with Crippen LogP contribution in [0.3, 0.4) is 0 Å². The van der Waals surface area contributed by atoms with Crippen molar-refractivity contribution < 1.29 is 9.59 Å². The summed E-state index contributed by atoms with van der Waals surface area (Å²) in [6.07, 6.45) is 1.75. The van der Waals surface area contributed by atoms with Gasteiger partial charge in [0.05, 0.1) is 0 Å². The smallest absolute Gasteiger partial charge is 0.319 e. The number of urea groups is 1. The van der Waals surface area contributed by atoms with Crippen LogP contribution < -0.4 is 16.0 Å². The Kier molecular flexibility index (Phi) is 5.83. The number of amides is 3. The number of thiazole rings is 1. The monoisotopic (exact) mass is 380 g/mol. The van der Waals surface area contributed by atoms with E-state index in [4.69, 9.17) is 0 Å². The number of rotatable bonds is 5. The minimum atomic E-state index is -0.307. The highest BCUT2D eigenvalue weighted by Crippen LogP contribution is 2.24. The summed E-state index contributed by atoms with van der Waals surface area (Å²) < 4.78 is 0. The van der Waals surface area contributed by atoms with Gasteiger partial charge in [-0.1, -0.05) is 18.2 Å². The summed E-state index contributed by atoms with van der Waals surface area (Å²) in [4.78, 5) is 28.7. The number of hydrogen-bond acceptors (Lipinski definition) is 4. The number of nitrogens with one attached hydrogen (secondary N) is 3. The second kappa shape index (κ2) is 8.46. The molecule has 1 heterocycles. The first-order chi connectivity index (χ1) is 13.0. The zero-order valence-electron chi connectivity index (χ0n) is 15.0. The lowest BCUT2D eigenvalue weighted by Crippen LogP contribution is -2.34. The third-order valence-electron chi connectivity index (χ3n) is 3.60. The van der Waals surface area contributed by atoms with E-state index >= 15 is 0 Å². The van der Waals surface area contributed by atoms with Crippen molar-refractivity contribution in [1.29, 1.82) is 0 Å². The summed E-state index contributed by atoms with van der Waals surface area (Å²) in [5.74, 6) is -0.251. The Hall–Kier alpha value is -3.19. The molecule has 0 saturated heterocycles. The maximum absolute atomic E-state index is 12.6. The highest BCUT2D eigenvalue weighted by atomic mass is 32.1. The van der Waals surface area contributed by atoms with Crippen LogP contribution in [0.1, 0.15) is 24.2 Å². The van der Waals surface area contributed by atoms with Gasteiger partial charge >= 0.3 is 6.03 Å². The molecule has 0 aliphatic carbocycles. The van der Waals surface area contributed by atoms with Crippen molar-refractivity contribution in [2.75, 3.05) is 10.6 Å². The molecule has 7 heteroatoms. The number of aromatic nitrogens is 1. The molecular formula is C20H20N4O2S. The summed E-state index contributed by atoms with van der Waals surface area (Å²) >= 11 is 1.54. The van der Waals surface area contributed by atoms with E-state index in [9.17, 15) is 9.59 Å². The van der Waals surface area contributed by atoms with Gasteiger partial charge in [-0.05, 0) is 44.2 Å². The molecule has 3 amide bonds. The van der Waals surface area contributed by atoms with Gasteiger partial charge in [-0.25, -0.2) is 9.78 Å². The predicted octanol–water partition coefficient (Wildman–Crippen LogP) is 4.59. The van der Waals surface area contributed by atoms with Gasteiger partial charge in [0.1, 0.15) is 5.01 Å². The number of anilines is 2. The van der Waals surface area contributed by atoms with Crippen molar-refractivity contribution in [1.82, 2.24) is 10.3 Å². The highest BCUT2D eigenvalue weighted by molar-refractivity contribution is 7.13. The molecule has 6 nitrogen and oxygen atoms in total. The molecule has 3 rings (SSSR count). The Bertz CT molecular complexity index is 939. The molecule has 2 aromatic carbocycles. The molecule has 0 fully saturated rings. The summed E-state index contributed by atoms with van der Waals surface area (Å²) in [7, 11) is 0. The van der Waals surface area contributed by atoms with Crippen molar-refractivity contribution in [2.45, 2.75) is 19.9 Å². The molecule has 0 aliphatic rings. The van der Waals surface area contributed by atoms with Gasteiger partial charge in [-0.15, -0.1) is 11.3 Å². The lowest BCUT2D eigenvalue weighted by Gasteiger charge is -2.11. The third-order valence-corrected chi connectivity index (χ3v) is 4.42. The molecule has 3 aromatic rings. The normalized spacial score (nSPS) is 10.5. The third kappa shape index (κ3) is 5.15. The molecule has 0 bridgehead atoms. The first-order valence-electron chi connectivity index (χ1n) is 8.50. The molecule has 0 unspecified atom stereocenters. The molecular weight excluding hydrogens is 360 g/mol. The molecule has 0 saturated carbocycles. The van der Waals surface area contributed by atoms with Gasteiger partial charge in [0.2, 0.25) is 0 Å². The lowest BCUT2D eigenvalue weighted by atomic mass is 10.1. The Balaban J connectivity index is 1.70. The summed E-state index contributed by atoms with van der Waals surface area (Å²) in [5.41, 5.74) is 2.64. The Labute approximate surface area is 161 Å². The molecule has 0 spiro atoms. The molecule has 0 atom stereocenters. The first kappa shape index (κ1) is 18.6. The van der Waals surface area contributed by atoms with Crippen molar-refractivity contribution in [3.63, 3.8) is 0 Å². The van der Waals surface area contributed by atoms with Crippen molar-refractivity contribution in [2.24, 2.45) is 0 Å². The number of carbonyl (C=O) groups is 2. The lowest BCUT2D eigenvalue weighted by molar-refractivity contribution is 0.102. The number of nitrogens with zero attached hydrogens (tertiary/aromatic N) is 1. The van der Waals surface area contributed by atoms with Crippen LogP contribution in [-0.4, -0.2) is 23.0 Å². The van der Waals surface area contributed by atoms with Crippen LogP contribution in [0.2, 0.25) is 0 Å². The van der Waals surface area contributed by atoms with Crippen molar-refractivity contribution in [3.05, 3.63) is 65.7 Å². The minimum Gasteiger partial charge on any atom is -0.336 e. The van der Waals surface area contributed by atoms with E-state index in [-0.39, 0.29) is 18.0 Å². The van der Waals surface area contributed by atoms with Gasteiger partial charge in [0.25, 0.3) is 5.91 Å². The van der Waals surface area contributed by atoms with Crippen LogP contribution in [0.5, 0.6) is 0 Å². The van der Waals surface area contributed by atoms with Crippen LogP contribution in [0, 0.1) is 0 Å². The number of carbonyl (C=O) groups excluding carboxylic acids is 2. The molecule has 27 heavy (non-hydrogen) atoms. The molecule has 0 radical (unpaired) electrons. The van der Waals surface area contributed by atoms with E-state index in [1.807, 2.05) is 43.5 Å². The topological polar surface area (TPSA) is 83.1 Å².